The molecule has 1 saturated carbocycles. The lowest BCUT2D eigenvalue weighted by atomic mass is 10.2. The minimum Gasteiger partial charge on any atom is -0.494 e. The summed E-state index contributed by atoms with van der Waals surface area (Å²) in [6, 6.07) is 4.44. The van der Waals surface area contributed by atoms with E-state index in [0.717, 1.165) is 12.8 Å². The SMILES string of the molecule is CCOc1ccc(NC(=O)C2CC2)c([N+](=O)[O-])c1. The number of hydrogen-bond acceptors (Lipinski definition) is 4. The lowest BCUT2D eigenvalue weighted by molar-refractivity contribution is -0.384. The first-order chi connectivity index (χ1) is 8.61. The zero-order valence-corrected chi connectivity index (χ0v) is 10.0. The fourth-order valence-corrected chi connectivity index (χ4v) is 1.60. The van der Waals surface area contributed by atoms with Gasteiger partial charge in [0.15, 0.2) is 0 Å². The molecule has 18 heavy (non-hydrogen) atoms. The molecule has 6 nitrogen and oxygen atoms in total. The van der Waals surface area contributed by atoms with Crippen LogP contribution in [0.25, 0.3) is 0 Å². The molecule has 1 fully saturated rings. The maximum atomic E-state index is 11.6. The van der Waals surface area contributed by atoms with E-state index < -0.39 is 4.92 Å². The van der Waals surface area contributed by atoms with Crippen LogP contribution < -0.4 is 10.1 Å². The largest absolute Gasteiger partial charge is 0.494 e. The molecule has 0 bridgehead atoms. The highest BCUT2D eigenvalue weighted by Gasteiger charge is 2.31. The van der Waals surface area contributed by atoms with Gasteiger partial charge in [0, 0.05) is 5.92 Å². The van der Waals surface area contributed by atoms with Gasteiger partial charge in [0.2, 0.25) is 5.91 Å². The third kappa shape index (κ3) is 2.77. The first-order valence-electron chi connectivity index (χ1n) is 5.84. The van der Waals surface area contributed by atoms with Gasteiger partial charge < -0.3 is 10.1 Å². The van der Waals surface area contributed by atoms with Crippen molar-refractivity contribution in [2.45, 2.75) is 19.8 Å². The highest BCUT2D eigenvalue weighted by Crippen LogP contribution is 2.33. The third-order valence-corrected chi connectivity index (χ3v) is 2.68. The van der Waals surface area contributed by atoms with Crippen molar-refractivity contribution in [3.8, 4) is 5.75 Å². The second-order valence-electron chi connectivity index (χ2n) is 4.13. The summed E-state index contributed by atoms with van der Waals surface area (Å²) in [4.78, 5) is 22.0. The molecular weight excluding hydrogens is 236 g/mol. The molecule has 0 aliphatic heterocycles. The van der Waals surface area contributed by atoms with Crippen LogP contribution in [0.15, 0.2) is 18.2 Å². The highest BCUT2D eigenvalue weighted by atomic mass is 16.6. The van der Waals surface area contributed by atoms with Crippen molar-refractivity contribution >= 4 is 17.3 Å². The second-order valence-corrected chi connectivity index (χ2v) is 4.13. The Kier molecular flexibility index (Phi) is 3.45. The third-order valence-electron chi connectivity index (χ3n) is 2.68. The van der Waals surface area contributed by atoms with Gasteiger partial charge in [-0.25, -0.2) is 0 Å². The maximum absolute atomic E-state index is 11.6. The van der Waals surface area contributed by atoms with E-state index in [4.69, 9.17) is 4.74 Å². The Bertz CT molecular complexity index is 483. The van der Waals surface area contributed by atoms with E-state index in [1.165, 1.54) is 12.1 Å². The van der Waals surface area contributed by atoms with Crippen LogP contribution in [0, 0.1) is 16.0 Å². The molecule has 96 valence electrons. The van der Waals surface area contributed by atoms with Gasteiger partial charge in [0.05, 0.1) is 17.6 Å². The number of benzene rings is 1. The number of anilines is 1. The van der Waals surface area contributed by atoms with Gasteiger partial charge in [-0.3, -0.25) is 14.9 Å². The van der Waals surface area contributed by atoms with Gasteiger partial charge in [-0.05, 0) is 31.9 Å². The molecule has 1 aliphatic rings. The Balaban J connectivity index is 2.22. The molecule has 1 amide bonds. The van der Waals surface area contributed by atoms with Crippen LogP contribution in [0.3, 0.4) is 0 Å². The zero-order valence-electron chi connectivity index (χ0n) is 10.0. The number of nitrogens with zero attached hydrogens (tertiary/aromatic N) is 1. The monoisotopic (exact) mass is 250 g/mol. The van der Waals surface area contributed by atoms with Crippen molar-refractivity contribution in [3.05, 3.63) is 28.3 Å². The zero-order chi connectivity index (χ0) is 13.1. The molecule has 1 N–H and O–H groups in total. The number of rotatable bonds is 5. The normalized spacial score (nSPS) is 14.1. The summed E-state index contributed by atoms with van der Waals surface area (Å²) in [5.74, 6) is 0.284. The van der Waals surface area contributed by atoms with Gasteiger partial charge in [-0.15, -0.1) is 0 Å². The maximum Gasteiger partial charge on any atom is 0.296 e. The fourth-order valence-electron chi connectivity index (χ4n) is 1.60. The van der Waals surface area contributed by atoms with E-state index in [-0.39, 0.29) is 23.2 Å². The Morgan fingerprint density at radius 2 is 2.28 bits per heavy atom. The summed E-state index contributed by atoms with van der Waals surface area (Å²) >= 11 is 0. The molecular formula is C12H14N2O4. The Morgan fingerprint density at radius 1 is 1.56 bits per heavy atom. The predicted octanol–water partition coefficient (Wildman–Crippen LogP) is 2.34. The first kappa shape index (κ1) is 12.3. The van der Waals surface area contributed by atoms with Crippen molar-refractivity contribution in [1.82, 2.24) is 0 Å². The van der Waals surface area contributed by atoms with E-state index in [2.05, 4.69) is 5.32 Å². The van der Waals surface area contributed by atoms with Crippen LogP contribution in [0.5, 0.6) is 5.75 Å². The number of carbonyl (C=O) groups excluding carboxylic acids is 1. The Labute approximate surface area is 104 Å². The first-order valence-corrected chi connectivity index (χ1v) is 5.84. The van der Waals surface area contributed by atoms with Gasteiger partial charge >= 0.3 is 0 Å². The lowest BCUT2D eigenvalue weighted by Gasteiger charge is -2.07. The number of nitrogens with one attached hydrogen (secondary N) is 1. The number of nitro groups is 1. The number of amides is 1. The standard InChI is InChI=1S/C12H14N2O4/c1-2-18-9-5-6-10(11(7-9)14(16)17)13-12(15)8-3-4-8/h5-8H,2-4H2,1H3,(H,13,15). The molecule has 1 aromatic rings. The minimum absolute atomic E-state index is 0.0103. The van der Waals surface area contributed by atoms with E-state index in [1.54, 1.807) is 13.0 Å². The molecule has 0 atom stereocenters. The number of hydrogen-bond donors (Lipinski definition) is 1. The van der Waals surface area contributed by atoms with E-state index in [9.17, 15) is 14.9 Å². The molecule has 6 heteroatoms. The average Bonchev–Trinajstić information content (AvgIpc) is 3.15. The number of ether oxygens (including phenoxy) is 1. The van der Waals surface area contributed by atoms with Crippen LogP contribution in [0.2, 0.25) is 0 Å². The van der Waals surface area contributed by atoms with Crippen molar-refractivity contribution in [2.75, 3.05) is 11.9 Å². The molecule has 1 aliphatic carbocycles. The van der Waals surface area contributed by atoms with Gasteiger partial charge in [0.1, 0.15) is 11.4 Å². The molecule has 0 heterocycles. The van der Waals surface area contributed by atoms with Gasteiger partial charge in [-0.1, -0.05) is 0 Å². The van der Waals surface area contributed by atoms with Crippen LogP contribution in [-0.2, 0) is 4.79 Å². The van der Waals surface area contributed by atoms with E-state index in [0.29, 0.717) is 12.4 Å². The lowest BCUT2D eigenvalue weighted by Crippen LogP contribution is -2.14. The smallest absolute Gasteiger partial charge is 0.296 e. The quantitative estimate of drug-likeness (QED) is 0.642. The molecule has 0 spiro atoms. The summed E-state index contributed by atoms with van der Waals surface area (Å²) in [7, 11) is 0. The van der Waals surface area contributed by atoms with E-state index in [1.807, 2.05) is 0 Å². The number of carbonyl (C=O) groups is 1. The van der Waals surface area contributed by atoms with Crippen LogP contribution in [-0.4, -0.2) is 17.4 Å². The molecule has 0 aromatic heterocycles. The van der Waals surface area contributed by atoms with E-state index >= 15 is 0 Å². The highest BCUT2D eigenvalue weighted by molar-refractivity contribution is 5.96. The fraction of sp³-hybridized carbons (Fsp3) is 0.417. The van der Waals surface area contributed by atoms with Crippen molar-refractivity contribution in [1.29, 1.82) is 0 Å². The summed E-state index contributed by atoms with van der Waals surface area (Å²) in [6.07, 6.45) is 1.72. The van der Waals surface area contributed by atoms with Crippen LogP contribution in [0.1, 0.15) is 19.8 Å². The summed E-state index contributed by atoms with van der Waals surface area (Å²) in [5, 5.41) is 13.5. The van der Waals surface area contributed by atoms with Gasteiger partial charge in [0.25, 0.3) is 5.69 Å². The molecule has 2 rings (SSSR count). The predicted molar refractivity (Wildman–Crippen MR) is 65.6 cm³/mol. The molecule has 1 aromatic carbocycles. The van der Waals surface area contributed by atoms with Crippen molar-refractivity contribution in [2.24, 2.45) is 5.92 Å². The molecule has 0 unspecified atom stereocenters. The molecule has 0 radical (unpaired) electrons. The Morgan fingerprint density at radius 3 is 2.83 bits per heavy atom. The molecule has 0 saturated heterocycles. The van der Waals surface area contributed by atoms with Crippen LogP contribution >= 0.6 is 0 Å². The van der Waals surface area contributed by atoms with Crippen LogP contribution in [0.4, 0.5) is 11.4 Å². The Hall–Kier alpha value is -2.11. The summed E-state index contributed by atoms with van der Waals surface area (Å²) < 4.78 is 5.20. The second kappa shape index (κ2) is 5.03. The van der Waals surface area contributed by atoms with Crippen molar-refractivity contribution < 1.29 is 14.5 Å². The number of nitro benzene ring substituents is 1. The van der Waals surface area contributed by atoms with Gasteiger partial charge in [-0.2, -0.15) is 0 Å². The summed E-state index contributed by atoms with van der Waals surface area (Å²) in [5.41, 5.74) is 0.0790. The minimum atomic E-state index is -0.523. The summed E-state index contributed by atoms with van der Waals surface area (Å²) in [6.45, 7) is 2.24. The van der Waals surface area contributed by atoms with Crippen molar-refractivity contribution in [3.63, 3.8) is 0 Å². The average molecular weight is 250 g/mol. The topological polar surface area (TPSA) is 81.5 Å².